The van der Waals surface area contributed by atoms with Gasteiger partial charge in [0.25, 0.3) is 0 Å². The van der Waals surface area contributed by atoms with Crippen LogP contribution in [0.4, 0.5) is 4.39 Å². The number of carbonyl (C=O) groups is 1. The van der Waals surface area contributed by atoms with E-state index in [-0.39, 0.29) is 12.2 Å². The largest absolute Gasteiger partial charge is 0.493 e. The molecule has 15 heavy (non-hydrogen) atoms. The fourth-order valence-electron chi connectivity index (χ4n) is 1.40. The Morgan fingerprint density at radius 1 is 1.33 bits per heavy atom. The minimum absolute atomic E-state index is 0.264. The van der Waals surface area contributed by atoms with Crippen LogP contribution in [0, 0.1) is 5.82 Å². The van der Waals surface area contributed by atoms with Gasteiger partial charge in [0, 0.05) is 12.0 Å². The summed E-state index contributed by atoms with van der Waals surface area (Å²) in [6, 6.07) is 2.81. The minimum atomic E-state index is -0.380. The maximum absolute atomic E-state index is 13.4. The summed E-state index contributed by atoms with van der Waals surface area (Å²) < 4.78 is 23.5. The predicted molar refractivity (Wildman–Crippen MR) is 53.9 cm³/mol. The van der Waals surface area contributed by atoms with Crippen LogP contribution in [-0.2, 0) is 11.2 Å². The molecule has 0 saturated heterocycles. The molecule has 1 rings (SSSR count). The van der Waals surface area contributed by atoms with Gasteiger partial charge in [-0.05, 0) is 18.6 Å². The maximum atomic E-state index is 13.4. The molecule has 4 heteroatoms. The summed E-state index contributed by atoms with van der Waals surface area (Å²) >= 11 is 0. The van der Waals surface area contributed by atoms with Gasteiger partial charge >= 0.3 is 0 Å². The average Bonchev–Trinajstić information content (AvgIpc) is 2.27. The van der Waals surface area contributed by atoms with E-state index in [4.69, 9.17) is 9.47 Å². The van der Waals surface area contributed by atoms with Gasteiger partial charge in [0.1, 0.15) is 12.1 Å². The van der Waals surface area contributed by atoms with Crippen LogP contribution in [0.3, 0.4) is 0 Å². The number of hydrogen-bond donors (Lipinski definition) is 0. The zero-order chi connectivity index (χ0) is 11.3. The SMILES string of the molecule is COc1ccc(F)c(CCC=O)c1OC. The quantitative estimate of drug-likeness (QED) is 0.700. The van der Waals surface area contributed by atoms with Gasteiger partial charge in [0.05, 0.1) is 14.2 Å². The smallest absolute Gasteiger partial charge is 0.166 e. The highest BCUT2D eigenvalue weighted by atomic mass is 19.1. The van der Waals surface area contributed by atoms with Crippen molar-refractivity contribution in [1.82, 2.24) is 0 Å². The van der Waals surface area contributed by atoms with Gasteiger partial charge in [-0.2, -0.15) is 0 Å². The number of ether oxygens (including phenoxy) is 2. The summed E-state index contributed by atoms with van der Waals surface area (Å²) in [6.07, 6.45) is 1.33. The molecular formula is C11H13FO3. The van der Waals surface area contributed by atoms with Crippen LogP contribution in [0.5, 0.6) is 11.5 Å². The molecule has 3 nitrogen and oxygen atoms in total. The number of halogens is 1. The molecule has 0 radical (unpaired) electrons. The van der Waals surface area contributed by atoms with Gasteiger partial charge < -0.3 is 14.3 Å². The summed E-state index contributed by atoms with van der Waals surface area (Å²) in [5.41, 5.74) is 0.379. The predicted octanol–water partition coefficient (Wildman–Crippen LogP) is 1.97. The van der Waals surface area contributed by atoms with E-state index in [2.05, 4.69) is 0 Å². The first kappa shape index (κ1) is 11.5. The molecule has 0 aliphatic rings. The van der Waals surface area contributed by atoms with E-state index in [1.165, 1.54) is 26.4 Å². The first-order valence-electron chi connectivity index (χ1n) is 4.57. The van der Waals surface area contributed by atoms with Crippen molar-refractivity contribution >= 4 is 6.29 Å². The van der Waals surface area contributed by atoms with Gasteiger partial charge in [-0.15, -0.1) is 0 Å². The molecule has 0 aliphatic heterocycles. The molecule has 0 aromatic heterocycles. The van der Waals surface area contributed by atoms with Gasteiger partial charge in [-0.1, -0.05) is 0 Å². The van der Waals surface area contributed by atoms with Crippen molar-refractivity contribution < 1.29 is 18.7 Å². The zero-order valence-electron chi connectivity index (χ0n) is 8.75. The lowest BCUT2D eigenvalue weighted by atomic mass is 10.1. The van der Waals surface area contributed by atoms with Crippen LogP contribution in [0.2, 0.25) is 0 Å². The summed E-state index contributed by atoms with van der Waals surface area (Å²) in [4.78, 5) is 10.2. The van der Waals surface area contributed by atoms with Crippen molar-refractivity contribution in [2.24, 2.45) is 0 Å². The highest BCUT2D eigenvalue weighted by molar-refractivity contribution is 5.53. The van der Waals surface area contributed by atoms with Gasteiger partial charge in [0.15, 0.2) is 11.5 Å². The number of benzene rings is 1. The molecule has 0 aliphatic carbocycles. The molecule has 0 unspecified atom stereocenters. The maximum Gasteiger partial charge on any atom is 0.166 e. The van der Waals surface area contributed by atoms with Crippen molar-refractivity contribution in [2.75, 3.05) is 14.2 Å². The highest BCUT2D eigenvalue weighted by Crippen LogP contribution is 2.33. The molecule has 0 atom stereocenters. The lowest BCUT2D eigenvalue weighted by Gasteiger charge is -2.12. The van der Waals surface area contributed by atoms with Crippen molar-refractivity contribution in [3.63, 3.8) is 0 Å². The van der Waals surface area contributed by atoms with Crippen LogP contribution in [0.1, 0.15) is 12.0 Å². The summed E-state index contributed by atoms with van der Waals surface area (Å²) in [6.45, 7) is 0. The molecule has 0 heterocycles. The number of rotatable bonds is 5. The monoisotopic (exact) mass is 212 g/mol. The fraction of sp³-hybridized carbons (Fsp3) is 0.364. The Labute approximate surface area is 87.8 Å². The lowest BCUT2D eigenvalue weighted by molar-refractivity contribution is -0.107. The van der Waals surface area contributed by atoms with Crippen molar-refractivity contribution in [1.29, 1.82) is 0 Å². The molecule has 0 N–H and O–H groups in total. The average molecular weight is 212 g/mol. The second-order valence-corrected chi connectivity index (χ2v) is 2.97. The van der Waals surface area contributed by atoms with Crippen LogP contribution < -0.4 is 9.47 Å². The molecule has 0 amide bonds. The second kappa shape index (κ2) is 5.34. The fourth-order valence-corrected chi connectivity index (χ4v) is 1.40. The highest BCUT2D eigenvalue weighted by Gasteiger charge is 2.14. The van der Waals surface area contributed by atoms with E-state index in [0.29, 0.717) is 23.5 Å². The van der Waals surface area contributed by atoms with E-state index >= 15 is 0 Å². The number of hydrogen-bond acceptors (Lipinski definition) is 3. The van der Waals surface area contributed by atoms with Gasteiger partial charge in [0.2, 0.25) is 0 Å². The molecule has 0 saturated carbocycles. The Bertz CT molecular complexity index is 350. The second-order valence-electron chi connectivity index (χ2n) is 2.97. The van der Waals surface area contributed by atoms with Gasteiger partial charge in [-0.3, -0.25) is 0 Å². The molecule has 1 aromatic rings. The lowest BCUT2D eigenvalue weighted by Crippen LogP contribution is -1.99. The molecule has 0 fully saturated rings. The third kappa shape index (κ3) is 2.46. The first-order chi connectivity index (χ1) is 7.24. The van der Waals surface area contributed by atoms with Crippen molar-refractivity contribution in [3.05, 3.63) is 23.5 Å². The molecule has 0 bridgehead atoms. The van der Waals surface area contributed by atoms with Gasteiger partial charge in [-0.25, -0.2) is 4.39 Å². The number of methoxy groups -OCH3 is 2. The molecule has 82 valence electrons. The molecule has 0 spiro atoms. The van der Waals surface area contributed by atoms with Crippen molar-refractivity contribution in [3.8, 4) is 11.5 Å². The Balaban J connectivity index is 3.13. The summed E-state index contributed by atoms with van der Waals surface area (Å²) in [5.74, 6) is 0.452. The summed E-state index contributed by atoms with van der Waals surface area (Å²) in [5, 5.41) is 0. The van der Waals surface area contributed by atoms with Crippen LogP contribution in [0.25, 0.3) is 0 Å². The Morgan fingerprint density at radius 2 is 2.07 bits per heavy atom. The molecule has 1 aromatic carbocycles. The Morgan fingerprint density at radius 3 is 2.60 bits per heavy atom. The van der Waals surface area contributed by atoms with E-state index in [1.54, 1.807) is 0 Å². The van der Waals surface area contributed by atoms with E-state index in [9.17, 15) is 9.18 Å². The number of aldehydes is 1. The topological polar surface area (TPSA) is 35.5 Å². The zero-order valence-corrected chi connectivity index (χ0v) is 8.75. The van der Waals surface area contributed by atoms with Crippen LogP contribution in [-0.4, -0.2) is 20.5 Å². The Kier molecular flexibility index (Phi) is 4.09. The standard InChI is InChI=1S/C11H13FO3/c1-14-10-6-5-9(12)8(4-3-7-13)11(10)15-2/h5-7H,3-4H2,1-2H3. The summed E-state index contributed by atoms with van der Waals surface area (Å²) in [7, 11) is 2.93. The van der Waals surface area contributed by atoms with E-state index in [0.717, 1.165) is 6.29 Å². The molecular weight excluding hydrogens is 199 g/mol. The Hall–Kier alpha value is -1.58. The number of carbonyl (C=O) groups excluding carboxylic acids is 1. The minimum Gasteiger partial charge on any atom is -0.493 e. The van der Waals surface area contributed by atoms with Crippen molar-refractivity contribution in [2.45, 2.75) is 12.8 Å². The van der Waals surface area contributed by atoms with Crippen LogP contribution in [0.15, 0.2) is 12.1 Å². The first-order valence-corrected chi connectivity index (χ1v) is 4.57. The van der Waals surface area contributed by atoms with E-state index in [1.807, 2.05) is 0 Å². The third-order valence-electron chi connectivity index (χ3n) is 2.10. The van der Waals surface area contributed by atoms with E-state index < -0.39 is 0 Å². The van der Waals surface area contributed by atoms with Crippen LogP contribution >= 0.6 is 0 Å². The third-order valence-corrected chi connectivity index (χ3v) is 2.10. The normalized spacial score (nSPS) is 9.80.